The van der Waals surface area contributed by atoms with Gasteiger partial charge in [0.05, 0.1) is 17.9 Å². The lowest BCUT2D eigenvalue weighted by molar-refractivity contribution is -0.154. The normalized spacial score (nSPS) is 31.9. The molecule has 2 bridgehead atoms. The smallest absolute Gasteiger partial charge is 0.312 e. The fraction of sp³-hybridized carbons (Fsp3) is 0.741. The van der Waals surface area contributed by atoms with E-state index in [1.165, 1.54) is 12.5 Å². The minimum atomic E-state index is -0.998. The molecule has 3 saturated heterocycles. The number of carbonyl (C=O) groups is 3. The number of nitrogens with zero attached hydrogens (tertiary/aromatic N) is 2. The highest BCUT2D eigenvalue weighted by molar-refractivity contribution is 5.98. The standard InChI is InChI=1S/C27H40N2O6/c1-3-15-28(19-11-7-5-8-12-19)25(32)23-27-14-13-20(35-27)21(26(33)34-18-4-2)22(27)24(31)29(23)16-9-6-10-17-30/h3-4,19-23,30H,1-2,5-18H2/t20-,21+,22-,23?,27?/m0/s1. The van der Waals surface area contributed by atoms with Crippen molar-refractivity contribution in [3.05, 3.63) is 25.3 Å². The second kappa shape index (κ2) is 11.2. The molecule has 2 amide bonds. The molecule has 1 spiro atoms. The van der Waals surface area contributed by atoms with E-state index in [0.29, 0.717) is 38.8 Å². The van der Waals surface area contributed by atoms with Gasteiger partial charge >= 0.3 is 5.97 Å². The quantitative estimate of drug-likeness (QED) is 0.258. The van der Waals surface area contributed by atoms with Crippen LogP contribution in [0.15, 0.2) is 25.3 Å². The van der Waals surface area contributed by atoms with Crippen molar-refractivity contribution in [2.24, 2.45) is 11.8 Å². The summed E-state index contributed by atoms with van der Waals surface area (Å²) in [6.07, 6.45) is 11.4. The van der Waals surface area contributed by atoms with Crippen molar-refractivity contribution < 1.29 is 29.0 Å². The zero-order chi connectivity index (χ0) is 25.0. The molecule has 35 heavy (non-hydrogen) atoms. The lowest BCUT2D eigenvalue weighted by atomic mass is 9.70. The van der Waals surface area contributed by atoms with Crippen LogP contribution >= 0.6 is 0 Å². The van der Waals surface area contributed by atoms with E-state index in [1.54, 1.807) is 11.0 Å². The number of ether oxygens (including phenoxy) is 2. The van der Waals surface area contributed by atoms with Gasteiger partial charge in [-0.25, -0.2) is 0 Å². The van der Waals surface area contributed by atoms with Gasteiger partial charge in [-0.1, -0.05) is 38.0 Å². The van der Waals surface area contributed by atoms with Crippen molar-refractivity contribution in [2.45, 2.75) is 88.0 Å². The molecule has 3 heterocycles. The van der Waals surface area contributed by atoms with E-state index in [-0.39, 0.29) is 31.1 Å². The predicted molar refractivity (Wildman–Crippen MR) is 130 cm³/mol. The van der Waals surface area contributed by atoms with Gasteiger partial charge < -0.3 is 24.4 Å². The summed E-state index contributed by atoms with van der Waals surface area (Å²) in [6.45, 7) is 8.51. The van der Waals surface area contributed by atoms with Gasteiger partial charge in [-0.15, -0.1) is 6.58 Å². The van der Waals surface area contributed by atoms with Crippen LogP contribution in [0.25, 0.3) is 0 Å². The third kappa shape index (κ3) is 4.67. The van der Waals surface area contributed by atoms with E-state index < -0.39 is 35.6 Å². The number of likely N-dealkylation sites (tertiary alicyclic amines) is 1. The number of fused-ring (bicyclic) bond motifs is 1. The summed E-state index contributed by atoms with van der Waals surface area (Å²) < 4.78 is 11.8. The van der Waals surface area contributed by atoms with Crippen LogP contribution in [0.5, 0.6) is 0 Å². The molecule has 4 aliphatic rings. The Kier molecular flexibility index (Phi) is 8.32. The first-order valence-corrected chi connectivity index (χ1v) is 13.3. The van der Waals surface area contributed by atoms with Crippen LogP contribution in [0.4, 0.5) is 0 Å². The summed E-state index contributed by atoms with van der Waals surface area (Å²) in [7, 11) is 0. The minimum absolute atomic E-state index is 0.0813. The van der Waals surface area contributed by atoms with Crippen LogP contribution in [0.2, 0.25) is 0 Å². The fourth-order valence-corrected chi connectivity index (χ4v) is 6.86. The van der Waals surface area contributed by atoms with Crippen LogP contribution in [-0.2, 0) is 23.9 Å². The largest absolute Gasteiger partial charge is 0.461 e. The molecule has 3 aliphatic heterocycles. The summed E-state index contributed by atoms with van der Waals surface area (Å²) in [4.78, 5) is 44.7. The lowest BCUT2D eigenvalue weighted by Crippen LogP contribution is -2.58. The van der Waals surface area contributed by atoms with Gasteiger partial charge in [-0.05, 0) is 44.9 Å². The molecule has 1 N–H and O–H groups in total. The molecular formula is C27H40N2O6. The van der Waals surface area contributed by atoms with Gasteiger partial charge in [0.1, 0.15) is 18.2 Å². The van der Waals surface area contributed by atoms with Gasteiger partial charge in [-0.2, -0.15) is 0 Å². The zero-order valence-corrected chi connectivity index (χ0v) is 20.7. The van der Waals surface area contributed by atoms with Crippen molar-refractivity contribution in [3.63, 3.8) is 0 Å². The maximum absolute atomic E-state index is 14.3. The first-order valence-electron chi connectivity index (χ1n) is 13.3. The molecule has 4 rings (SSSR count). The number of rotatable bonds is 12. The highest BCUT2D eigenvalue weighted by atomic mass is 16.6. The summed E-state index contributed by atoms with van der Waals surface area (Å²) in [5.74, 6) is -2.12. The number of aliphatic hydroxyl groups is 1. The maximum atomic E-state index is 14.3. The Morgan fingerprint density at radius 2 is 1.91 bits per heavy atom. The number of amides is 2. The average Bonchev–Trinajstić information content (AvgIpc) is 3.51. The Morgan fingerprint density at radius 1 is 1.14 bits per heavy atom. The molecule has 0 aromatic carbocycles. The highest BCUT2D eigenvalue weighted by Gasteiger charge is 2.75. The monoisotopic (exact) mass is 488 g/mol. The first kappa shape index (κ1) is 25.9. The van der Waals surface area contributed by atoms with Crippen LogP contribution in [0.3, 0.4) is 0 Å². The molecule has 8 nitrogen and oxygen atoms in total. The summed E-state index contributed by atoms with van der Waals surface area (Å²) >= 11 is 0. The van der Waals surface area contributed by atoms with Crippen molar-refractivity contribution in [1.29, 1.82) is 0 Å². The van der Waals surface area contributed by atoms with Crippen molar-refractivity contribution in [2.75, 3.05) is 26.3 Å². The number of carbonyl (C=O) groups excluding carboxylic acids is 3. The predicted octanol–water partition coefficient (Wildman–Crippen LogP) is 2.60. The van der Waals surface area contributed by atoms with E-state index in [4.69, 9.17) is 9.47 Å². The van der Waals surface area contributed by atoms with E-state index in [2.05, 4.69) is 13.2 Å². The molecule has 1 saturated carbocycles. The number of unbranched alkanes of at least 4 members (excludes halogenated alkanes) is 2. The average molecular weight is 489 g/mol. The van der Waals surface area contributed by atoms with Gasteiger partial charge in [-0.3, -0.25) is 14.4 Å². The number of hydrogen-bond donors (Lipinski definition) is 1. The summed E-state index contributed by atoms with van der Waals surface area (Å²) in [5.41, 5.74) is -0.998. The third-order valence-corrected chi connectivity index (χ3v) is 8.33. The van der Waals surface area contributed by atoms with Crippen LogP contribution < -0.4 is 0 Å². The maximum Gasteiger partial charge on any atom is 0.312 e. The van der Waals surface area contributed by atoms with Gasteiger partial charge in [0.15, 0.2) is 0 Å². The van der Waals surface area contributed by atoms with E-state index in [1.807, 2.05) is 4.90 Å². The molecule has 5 atom stereocenters. The van der Waals surface area contributed by atoms with E-state index in [9.17, 15) is 19.5 Å². The van der Waals surface area contributed by atoms with Gasteiger partial charge in [0.2, 0.25) is 11.8 Å². The molecule has 1 aliphatic carbocycles. The Morgan fingerprint density at radius 3 is 2.60 bits per heavy atom. The third-order valence-electron chi connectivity index (χ3n) is 8.33. The van der Waals surface area contributed by atoms with Gasteiger partial charge in [0, 0.05) is 25.7 Å². The van der Waals surface area contributed by atoms with Crippen molar-refractivity contribution >= 4 is 17.8 Å². The molecular weight excluding hydrogens is 448 g/mol. The topological polar surface area (TPSA) is 96.4 Å². The molecule has 194 valence electrons. The van der Waals surface area contributed by atoms with E-state index in [0.717, 1.165) is 32.1 Å². The Hall–Kier alpha value is -2.19. The second-order valence-corrected chi connectivity index (χ2v) is 10.4. The van der Waals surface area contributed by atoms with Crippen molar-refractivity contribution in [1.82, 2.24) is 9.80 Å². The first-order chi connectivity index (χ1) is 17.0. The lowest BCUT2D eigenvalue weighted by Gasteiger charge is -2.40. The molecule has 0 radical (unpaired) electrons. The highest BCUT2D eigenvalue weighted by Crippen LogP contribution is 2.59. The number of esters is 1. The van der Waals surface area contributed by atoms with Crippen LogP contribution in [0.1, 0.15) is 64.2 Å². The molecule has 0 aromatic heterocycles. The van der Waals surface area contributed by atoms with Crippen molar-refractivity contribution in [3.8, 4) is 0 Å². The SMILES string of the molecule is C=CCOC(=O)[C@@H]1[C@@H]2CCC3(O2)C(C(=O)N(CC=C)C2CCCCC2)N(CCCCCO)C(=O)[C@H]13. The summed E-state index contributed by atoms with van der Waals surface area (Å²) in [5, 5.41) is 9.18. The van der Waals surface area contributed by atoms with Crippen LogP contribution in [0, 0.1) is 11.8 Å². The second-order valence-electron chi connectivity index (χ2n) is 10.4. The molecule has 8 heteroatoms. The van der Waals surface area contributed by atoms with Crippen LogP contribution in [-0.4, -0.2) is 82.8 Å². The van der Waals surface area contributed by atoms with E-state index >= 15 is 0 Å². The molecule has 4 fully saturated rings. The van der Waals surface area contributed by atoms with Gasteiger partial charge in [0.25, 0.3) is 0 Å². The zero-order valence-electron chi connectivity index (χ0n) is 20.7. The molecule has 0 aromatic rings. The number of hydrogen-bond acceptors (Lipinski definition) is 6. The minimum Gasteiger partial charge on any atom is -0.461 e. The Labute approximate surface area is 208 Å². The number of aliphatic hydroxyl groups excluding tert-OH is 1. The Balaban J connectivity index is 1.66. The fourth-order valence-electron chi connectivity index (χ4n) is 6.86. The molecule has 2 unspecified atom stereocenters. The summed E-state index contributed by atoms with van der Waals surface area (Å²) in [6, 6.07) is -0.624. The Bertz CT molecular complexity index is 824.